The van der Waals surface area contributed by atoms with E-state index in [9.17, 15) is 9.70 Å². The zero-order valence-corrected chi connectivity index (χ0v) is 11.9. The van der Waals surface area contributed by atoms with Crippen LogP contribution in [0.4, 0.5) is 11.4 Å². The molecule has 1 aliphatic rings. The summed E-state index contributed by atoms with van der Waals surface area (Å²) in [6.07, 6.45) is 2.51. The Morgan fingerprint density at radius 1 is 1.25 bits per heavy atom. The Kier molecular flexibility index (Phi) is 7.10. The van der Waals surface area contributed by atoms with Crippen molar-refractivity contribution in [3.05, 3.63) is 29.2 Å². The molecule has 1 saturated heterocycles. The Hall–Kier alpha value is -2.11. The average Bonchev–Trinajstić information content (AvgIpc) is 3.02. The lowest BCUT2D eigenvalue weighted by molar-refractivity contribution is -0.736. The fourth-order valence-electron chi connectivity index (χ4n) is 1.93. The maximum Gasteiger partial charge on any atom is 0.316 e. The molecule has 0 unspecified atom stereocenters. The van der Waals surface area contributed by atoms with Crippen LogP contribution in [0.2, 0.25) is 0 Å². The highest BCUT2D eigenvalue weighted by Gasteiger charge is 2.16. The molecule has 0 atom stereocenters. The van der Waals surface area contributed by atoms with E-state index in [1.807, 2.05) is 12.1 Å². The first-order valence-electron chi connectivity index (χ1n) is 6.64. The van der Waals surface area contributed by atoms with E-state index in [2.05, 4.69) is 14.5 Å². The molecule has 0 amide bonds. The molecule has 0 radical (unpaired) electrons. The Bertz CT molecular complexity index is 414. The van der Waals surface area contributed by atoms with Crippen molar-refractivity contribution >= 4 is 17.8 Å². The van der Waals surface area contributed by atoms with Gasteiger partial charge in [-0.1, -0.05) is 0 Å². The summed E-state index contributed by atoms with van der Waals surface area (Å²) in [5, 5.41) is 0. The first-order chi connectivity index (χ1) is 9.72. The standard InChI is InChI=1S/C11H15N2O2.C3H6O2/c1-15-13(14)11-6-4-10(5-7-11)12-8-2-3-9-12;1-2-5-3-4/h4-7H,2-3,8-9H2,1H3;3H,2H2,1H3/q+1;. The highest BCUT2D eigenvalue weighted by molar-refractivity contribution is 5.51. The quantitative estimate of drug-likeness (QED) is 0.613. The molecule has 1 heterocycles. The van der Waals surface area contributed by atoms with Crippen LogP contribution in [-0.4, -0.2) is 38.2 Å². The van der Waals surface area contributed by atoms with Crippen molar-refractivity contribution in [2.24, 2.45) is 0 Å². The smallest absolute Gasteiger partial charge is 0.316 e. The van der Waals surface area contributed by atoms with Crippen molar-refractivity contribution in [1.82, 2.24) is 0 Å². The molecule has 1 aromatic rings. The van der Waals surface area contributed by atoms with Crippen LogP contribution >= 0.6 is 0 Å². The third kappa shape index (κ3) is 4.87. The Labute approximate surface area is 118 Å². The van der Waals surface area contributed by atoms with Gasteiger partial charge in [0, 0.05) is 30.9 Å². The summed E-state index contributed by atoms with van der Waals surface area (Å²) in [6, 6.07) is 7.49. The van der Waals surface area contributed by atoms with Gasteiger partial charge in [-0.25, -0.2) is 4.84 Å². The third-order valence-electron chi connectivity index (χ3n) is 2.93. The van der Waals surface area contributed by atoms with Crippen LogP contribution in [0.1, 0.15) is 19.8 Å². The minimum absolute atomic E-state index is 0.431. The van der Waals surface area contributed by atoms with E-state index in [0.717, 1.165) is 13.1 Å². The normalized spacial score (nSPS) is 13.2. The SMILES string of the molecule is CCOC=O.CO[N+](=O)c1ccc(N2CCCC2)cc1. The molecular weight excluding hydrogens is 260 g/mol. The number of hydrogen-bond donors (Lipinski definition) is 0. The molecule has 1 aromatic carbocycles. The van der Waals surface area contributed by atoms with Gasteiger partial charge in [-0.2, -0.15) is 0 Å². The number of nitrogens with zero attached hydrogens (tertiary/aromatic N) is 2. The molecule has 0 spiro atoms. The maximum absolute atomic E-state index is 11.1. The van der Waals surface area contributed by atoms with Crippen LogP contribution < -0.4 is 4.90 Å². The third-order valence-corrected chi connectivity index (χ3v) is 2.93. The molecule has 0 bridgehead atoms. The molecular formula is C14H21N2O4+. The molecule has 1 fully saturated rings. The minimum atomic E-state index is 0.431. The number of rotatable bonds is 5. The fourth-order valence-corrected chi connectivity index (χ4v) is 1.93. The summed E-state index contributed by atoms with van der Waals surface area (Å²) in [7, 11) is 1.36. The highest BCUT2D eigenvalue weighted by Crippen LogP contribution is 2.22. The first kappa shape index (κ1) is 15.9. The average molecular weight is 281 g/mol. The number of anilines is 1. The number of benzene rings is 1. The van der Waals surface area contributed by atoms with Crippen molar-refractivity contribution in [2.75, 3.05) is 31.7 Å². The number of ether oxygens (including phenoxy) is 1. The molecule has 0 aromatic heterocycles. The second kappa shape index (κ2) is 8.90. The monoisotopic (exact) mass is 281 g/mol. The van der Waals surface area contributed by atoms with Gasteiger partial charge >= 0.3 is 5.69 Å². The van der Waals surface area contributed by atoms with Gasteiger partial charge in [0.25, 0.3) is 11.4 Å². The van der Waals surface area contributed by atoms with Crippen LogP contribution in [0.25, 0.3) is 0 Å². The summed E-state index contributed by atoms with van der Waals surface area (Å²) < 4.78 is 4.15. The Balaban J connectivity index is 0.000000347. The molecule has 20 heavy (non-hydrogen) atoms. The van der Waals surface area contributed by atoms with Gasteiger partial charge in [0.05, 0.1) is 11.5 Å². The fraction of sp³-hybridized carbons (Fsp3) is 0.500. The summed E-state index contributed by atoms with van der Waals surface area (Å²) >= 11 is 0. The van der Waals surface area contributed by atoms with Gasteiger partial charge in [0.2, 0.25) is 0 Å². The Morgan fingerprint density at radius 3 is 2.25 bits per heavy atom. The van der Waals surface area contributed by atoms with E-state index in [4.69, 9.17) is 0 Å². The van der Waals surface area contributed by atoms with Gasteiger partial charge in [-0.15, -0.1) is 0 Å². The summed E-state index contributed by atoms with van der Waals surface area (Å²) in [4.78, 5) is 27.7. The molecule has 1 aliphatic heterocycles. The van der Waals surface area contributed by atoms with E-state index >= 15 is 0 Å². The molecule has 0 N–H and O–H groups in total. The zero-order valence-electron chi connectivity index (χ0n) is 11.9. The molecule has 0 saturated carbocycles. The van der Waals surface area contributed by atoms with Crippen molar-refractivity contribution in [1.29, 1.82) is 0 Å². The van der Waals surface area contributed by atoms with Crippen LogP contribution in [-0.2, 0) is 14.4 Å². The lowest BCUT2D eigenvalue weighted by atomic mass is 10.2. The number of hydrogen-bond acceptors (Lipinski definition) is 5. The lowest BCUT2D eigenvalue weighted by Crippen LogP contribution is -2.17. The van der Waals surface area contributed by atoms with Crippen molar-refractivity contribution < 1.29 is 19.3 Å². The first-order valence-corrected chi connectivity index (χ1v) is 6.64. The predicted octanol–water partition coefficient (Wildman–Crippen LogP) is 2.44. The lowest BCUT2D eigenvalue weighted by Gasteiger charge is -2.16. The van der Waals surface area contributed by atoms with Crippen LogP contribution in [0.5, 0.6) is 0 Å². The molecule has 6 heteroatoms. The summed E-state index contributed by atoms with van der Waals surface area (Å²) in [5.41, 5.74) is 1.71. The largest absolute Gasteiger partial charge is 0.468 e. The van der Waals surface area contributed by atoms with Gasteiger partial charge < -0.3 is 9.64 Å². The van der Waals surface area contributed by atoms with Crippen LogP contribution in [0.15, 0.2) is 24.3 Å². The summed E-state index contributed by atoms with van der Waals surface area (Å²) in [5.74, 6) is 0. The minimum Gasteiger partial charge on any atom is -0.468 e. The van der Waals surface area contributed by atoms with Gasteiger partial charge in [-0.05, 0) is 31.9 Å². The molecule has 2 rings (SSSR count). The predicted molar refractivity (Wildman–Crippen MR) is 75.9 cm³/mol. The van der Waals surface area contributed by atoms with E-state index in [0.29, 0.717) is 23.7 Å². The topological polar surface area (TPSA) is 58.9 Å². The van der Waals surface area contributed by atoms with Crippen LogP contribution in [0.3, 0.4) is 0 Å². The van der Waals surface area contributed by atoms with Crippen LogP contribution in [0, 0.1) is 4.91 Å². The second-order valence-corrected chi connectivity index (χ2v) is 4.20. The van der Waals surface area contributed by atoms with E-state index in [1.165, 1.54) is 25.6 Å². The van der Waals surface area contributed by atoms with Crippen molar-refractivity contribution in [3.8, 4) is 0 Å². The van der Waals surface area contributed by atoms with Gasteiger partial charge in [0.15, 0.2) is 7.11 Å². The number of carbonyl (C=O) groups excluding carboxylic acids is 1. The van der Waals surface area contributed by atoms with Gasteiger partial charge in [-0.3, -0.25) is 4.79 Å². The van der Waals surface area contributed by atoms with Crippen molar-refractivity contribution in [3.63, 3.8) is 0 Å². The van der Waals surface area contributed by atoms with Crippen molar-refractivity contribution in [2.45, 2.75) is 19.8 Å². The highest BCUT2D eigenvalue weighted by atomic mass is 16.8. The summed E-state index contributed by atoms with van der Waals surface area (Å²) in [6.45, 7) is 4.90. The maximum atomic E-state index is 11.1. The second-order valence-electron chi connectivity index (χ2n) is 4.20. The van der Waals surface area contributed by atoms with E-state index in [1.54, 1.807) is 19.1 Å². The molecule has 0 aliphatic carbocycles. The van der Waals surface area contributed by atoms with Gasteiger partial charge in [0.1, 0.15) is 0 Å². The zero-order chi connectivity index (χ0) is 14.8. The number of carbonyl (C=O) groups is 1. The molecule has 6 nitrogen and oxygen atoms in total. The van der Waals surface area contributed by atoms with E-state index < -0.39 is 0 Å². The molecule has 110 valence electrons. The van der Waals surface area contributed by atoms with E-state index in [-0.39, 0.29) is 0 Å². The Morgan fingerprint density at radius 2 is 1.85 bits per heavy atom.